The molecule has 4 saturated carbocycles. The van der Waals surface area contributed by atoms with E-state index < -0.39 is 0 Å². The van der Waals surface area contributed by atoms with Crippen molar-refractivity contribution in [3.63, 3.8) is 0 Å². The zero-order chi connectivity index (χ0) is 23.0. The van der Waals surface area contributed by atoms with E-state index in [0.29, 0.717) is 22.8 Å². The molecule has 8 atom stereocenters. The molecule has 0 saturated heterocycles. The molecule has 0 N–H and O–H groups in total. The van der Waals surface area contributed by atoms with Gasteiger partial charge in [0.25, 0.3) is 0 Å². The molecule has 4 aliphatic carbocycles. The monoisotopic (exact) mass is 466 g/mol. The van der Waals surface area contributed by atoms with Crippen molar-refractivity contribution in [3.8, 4) is 0 Å². The molecular formula is C29H39ClN2O. The Morgan fingerprint density at radius 2 is 1.85 bits per heavy atom. The number of fused-ring (bicyclic) bond motifs is 6. The van der Waals surface area contributed by atoms with Crippen molar-refractivity contribution >= 4 is 28.3 Å². The number of hydrogen-bond acceptors (Lipinski definition) is 2. The quantitative estimate of drug-likeness (QED) is 0.467. The number of benzene rings is 1. The van der Waals surface area contributed by atoms with E-state index in [1.807, 2.05) is 29.1 Å². The van der Waals surface area contributed by atoms with Crippen LogP contribution in [0, 0.1) is 46.3 Å². The number of carbonyl (C=O) groups excluding carboxylic acids is 1. The van der Waals surface area contributed by atoms with Crippen LogP contribution in [0.2, 0.25) is 5.02 Å². The predicted octanol–water partition coefficient (Wildman–Crippen LogP) is 7.55. The number of Topliss-reactive ketones (excluding diaryl/α,β-unsaturated/α-hetero) is 1. The van der Waals surface area contributed by atoms with Gasteiger partial charge in [-0.15, -0.1) is 0 Å². The van der Waals surface area contributed by atoms with E-state index in [0.717, 1.165) is 46.9 Å². The van der Waals surface area contributed by atoms with Crippen LogP contribution in [-0.4, -0.2) is 15.6 Å². The molecule has 0 bridgehead atoms. The number of ketones is 1. The molecule has 0 radical (unpaired) electrons. The lowest BCUT2D eigenvalue weighted by atomic mass is 9.44. The highest BCUT2D eigenvalue weighted by molar-refractivity contribution is 6.31. The molecule has 0 aliphatic heterocycles. The fraction of sp³-hybridized carbons (Fsp3) is 0.724. The van der Waals surface area contributed by atoms with Gasteiger partial charge in [0.2, 0.25) is 0 Å². The van der Waals surface area contributed by atoms with Gasteiger partial charge in [0.05, 0.1) is 11.7 Å². The van der Waals surface area contributed by atoms with E-state index in [9.17, 15) is 4.79 Å². The Morgan fingerprint density at radius 1 is 1.06 bits per heavy atom. The van der Waals surface area contributed by atoms with Crippen LogP contribution in [0.4, 0.5) is 0 Å². The van der Waals surface area contributed by atoms with Crippen molar-refractivity contribution in [2.24, 2.45) is 46.3 Å². The van der Waals surface area contributed by atoms with Crippen molar-refractivity contribution in [2.75, 3.05) is 0 Å². The second-order valence-electron chi connectivity index (χ2n) is 12.7. The first-order valence-corrected chi connectivity index (χ1v) is 13.8. The largest absolute Gasteiger partial charge is 0.297 e. The van der Waals surface area contributed by atoms with Crippen LogP contribution in [-0.2, 0) is 11.3 Å². The summed E-state index contributed by atoms with van der Waals surface area (Å²) < 4.78 is 1.89. The molecule has 2 aromatic rings. The third kappa shape index (κ3) is 3.35. The van der Waals surface area contributed by atoms with E-state index in [1.54, 1.807) is 0 Å². The summed E-state index contributed by atoms with van der Waals surface area (Å²) in [5.41, 5.74) is 1.73. The van der Waals surface area contributed by atoms with Crippen molar-refractivity contribution in [1.29, 1.82) is 0 Å². The van der Waals surface area contributed by atoms with Crippen LogP contribution < -0.4 is 0 Å². The van der Waals surface area contributed by atoms with Crippen molar-refractivity contribution in [3.05, 3.63) is 29.4 Å². The van der Waals surface area contributed by atoms with Gasteiger partial charge in [-0.25, -0.2) is 0 Å². The number of carbonyl (C=O) groups is 1. The van der Waals surface area contributed by atoms with Crippen LogP contribution in [0.5, 0.6) is 0 Å². The maximum absolute atomic E-state index is 13.7. The maximum atomic E-state index is 13.7. The predicted molar refractivity (Wildman–Crippen MR) is 134 cm³/mol. The second kappa shape index (κ2) is 7.83. The molecule has 8 unspecified atom stereocenters. The minimum Gasteiger partial charge on any atom is -0.297 e. The Balaban J connectivity index is 1.22. The van der Waals surface area contributed by atoms with Crippen LogP contribution in [0.1, 0.15) is 78.6 Å². The summed E-state index contributed by atoms with van der Waals surface area (Å²) in [6.07, 6.45) is 13.9. The van der Waals surface area contributed by atoms with E-state index in [-0.39, 0.29) is 11.3 Å². The zero-order valence-corrected chi connectivity index (χ0v) is 21.3. The molecule has 6 rings (SSSR count). The maximum Gasteiger partial charge on any atom is 0.157 e. The standard InChI is InChI=1S/C29H39ClN2O/c1-18-10-12-28(2)20(14-18)4-6-22-23-7-8-25(29(23,3)13-11-24(22)28)27(33)17-32-26-9-5-21(30)15-19(26)16-31-32/h5,9,15-16,18,20,22-25H,4,6-8,10-14,17H2,1-3H3. The summed E-state index contributed by atoms with van der Waals surface area (Å²) >= 11 is 6.14. The van der Waals surface area contributed by atoms with Gasteiger partial charge in [-0.05, 0) is 110 Å². The van der Waals surface area contributed by atoms with E-state index >= 15 is 0 Å². The molecule has 33 heavy (non-hydrogen) atoms. The SMILES string of the molecule is CC1CCC2(C)C(CCC3C2CCC2(C)C(C(=O)Cn4ncc5cc(Cl)ccc54)CCC32)C1. The van der Waals surface area contributed by atoms with Crippen molar-refractivity contribution < 1.29 is 4.79 Å². The zero-order valence-electron chi connectivity index (χ0n) is 20.5. The minimum atomic E-state index is 0.176. The van der Waals surface area contributed by atoms with Gasteiger partial charge < -0.3 is 0 Å². The minimum absolute atomic E-state index is 0.176. The Hall–Kier alpha value is -1.35. The molecule has 1 aromatic heterocycles. The summed E-state index contributed by atoms with van der Waals surface area (Å²) in [4.78, 5) is 13.7. The van der Waals surface area contributed by atoms with Crippen LogP contribution in [0.15, 0.2) is 24.4 Å². The molecule has 1 aromatic carbocycles. The van der Waals surface area contributed by atoms with E-state index in [4.69, 9.17) is 11.6 Å². The normalized spacial score (nSPS) is 42.5. The first-order chi connectivity index (χ1) is 15.8. The molecular weight excluding hydrogens is 428 g/mol. The van der Waals surface area contributed by atoms with Gasteiger partial charge in [-0.1, -0.05) is 38.8 Å². The van der Waals surface area contributed by atoms with Gasteiger partial charge in [0.1, 0.15) is 6.54 Å². The van der Waals surface area contributed by atoms with E-state index in [2.05, 4.69) is 25.9 Å². The Bertz CT molecular complexity index is 1080. The molecule has 4 heteroatoms. The molecule has 4 aliphatic rings. The topological polar surface area (TPSA) is 34.9 Å². The lowest BCUT2D eigenvalue weighted by molar-refractivity contribution is -0.137. The summed E-state index contributed by atoms with van der Waals surface area (Å²) in [5.74, 6) is 4.88. The Labute approximate surface area is 203 Å². The fourth-order valence-electron chi connectivity index (χ4n) is 9.44. The summed E-state index contributed by atoms with van der Waals surface area (Å²) in [7, 11) is 0. The highest BCUT2D eigenvalue weighted by Crippen LogP contribution is 2.67. The number of hydrogen-bond donors (Lipinski definition) is 0. The van der Waals surface area contributed by atoms with Gasteiger partial charge in [0.15, 0.2) is 5.78 Å². The molecule has 3 nitrogen and oxygen atoms in total. The second-order valence-corrected chi connectivity index (χ2v) is 13.1. The van der Waals surface area contributed by atoms with Crippen LogP contribution in [0.25, 0.3) is 10.9 Å². The Morgan fingerprint density at radius 3 is 2.70 bits per heavy atom. The third-order valence-electron chi connectivity index (χ3n) is 11.2. The first-order valence-electron chi connectivity index (χ1n) is 13.4. The molecule has 4 fully saturated rings. The number of nitrogens with zero attached hydrogens (tertiary/aromatic N) is 2. The number of rotatable bonds is 3. The Kier molecular flexibility index (Phi) is 5.25. The van der Waals surface area contributed by atoms with E-state index in [1.165, 1.54) is 51.4 Å². The average Bonchev–Trinajstić information content (AvgIpc) is 3.34. The summed E-state index contributed by atoms with van der Waals surface area (Å²) in [6.45, 7) is 7.98. The molecule has 0 amide bonds. The van der Waals surface area contributed by atoms with Crippen molar-refractivity contribution in [1.82, 2.24) is 9.78 Å². The highest BCUT2D eigenvalue weighted by atomic mass is 35.5. The smallest absolute Gasteiger partial charge is 0.157 e. The lowest BCUT2D eigenvalue weighted by Gasteiger charge is -2.61. The molecule has 178 valence electrons. The van der Waals surface area contributed by atoms with Gasteiger partial charge >= 0.3 is 0 Å². The average molecular weight is 467 g/mol. The fourth-order valence-corrected chi connectivity index (χ4v) is 9.62. The number of aromatic nitrogens is 2. The highest BCUT2D eigenvalue weighted by Gasteiger charge is 2.60. The van der Waals surface area contributed by atoms with Crippen LogP contribution >= 0.6 is 11.6 Å². The summed E-state index contributed by atoms with van der Waals surface area (Å²) in [6, 6.07) is 5.82. The molecule has 0 spiro atoms. The molecule has 1 heterocycles. The van der Waals surface area contributed by atoms with Crippen molar-refractivity contribution in [2.45, 2.75) is 85.1 Å². The van der Waals surface area contributed by atoms with Gasteiger partial charge in [-0.2, -0.15) is 5.10 Å². The first kappa shape index (κ1) is 22.1. The lowest BCUT2D eigenvalue weighted by Crippen LogP contribution is -2.53. The number of halogens is 1. The van der Waals surface area contributed by atoms with Gasteiger partial charge in [0, 0.05) is 16.3 Å². The van der Waals surface area contributed by atoms with Crippen LogP contribution in [0.3, 0.4) is 0 Å². The third-order valence-corrected chi connectivity index (χ3v) is 11.5. The summed E-state index contributed by atoms with van der Waals surface area (Å²) in [5, 5.41) is 6.26. The van der Waals surface area contributed by atoms with Gasteiger partial charge in [-0.3, -0.25) is 9.48 Å².